The minimum atomic E-state index is -0.665. The number of piperidine rings is 1. The first-order valence-corrected chi connectivity index (χ1v) is 6.33. The van der Waals surface area contributed by atoms with E-state index in [1.807, 2.05) is 6.92 Å². The number of thiol groups is 1. The third kappa shape index (κ3) is 7.09. The van der Waals surface area contributed by atoms with E-state index in [2.05, 4.69) is 17.5 Å². The molecule has 0 aromatic rings. The first kappa shape index (κ1) is 15.7. The Hall–Kier alpha value is -0.260. The van der Waals surface area contributed by atoms with Crippen LogP contribution in [0.4, 0.5) is 0 Å². The summed E-state index contributed by atoms with van der Waals surface area (Å²) in [5, 5.41) is 8.82. The highest BCUT2D eigenvalue weighted by molar-refractivity contribution is 7.80. The zero-order chi connectivity index (χ0) is 12.4. The summed E-state index contributed by atoms with van der Waals surface area (Å²) in [6, 6.07) is 0. The van der Waals surface area contributed by atoms with Crippen molar-refractivity contribution < 1.29 is 14.6 Å². The maximum Gasteiger partial charge on any atom is 0.307 e. The largest absolute Gasteiger partial charge is 0.481 e. The molecule has 0 aromatic heterocycles. The molecule has 1 fully saturated rings. The van der Waals surface area contributed by atoms with Crippen LogP contribution in [0.5, 0.6) is 0 Å². The molecule has 0 aliphatic carbocycles. The number of nitrogens with zero attached hydrogens (tertiary/aromatic N) is 1. The van der Waals surface area contributed by atoms with Gasteiger partial charge in [-0.2, -0.15) is 12.6 Å². The lowest BCUT2D eigenvalue weighted by molar-refractivity contribution is -0.143. The van der Waals surface area contributed by atoms with Gasteiger partial charge in [-0.15, -0.1) is 0 Å². The Morgan fingerprint density at radius 3 is 2.75 bits per heavy atom. The van der Waals surface area contributed by atoms with E-state index in [0.29, 0.717) is 13.2 Å². The molecule has 1 atom stereocenters. The smallest absolute Gasteiger partial charge is 0.307 e. The van der Waals surface area contributed by atoms with E-state index in [1.165, 1.54) is 0 Å². The van der Waals surface area contributed by atoms with Crippen molar-refractivity contribution in [2.24, 2.45) is 5.92 Å². The molecule has 16 heavy (non-hydrogen) atoms. The minimum absolute atomic E-state index is 0.175. The van der Waals surface area contributed by atoms with E-state index in [9.17, 15) is 4.79 Å². The Bertz CT molecular complexity index is 190. The van der Waals surface area contributed by atoms with E-state index >= 15 is 0 Å². The van der Waals surface area contributed by atoms with Gasteiger partial charge in [0.15, 0.2) is 0 Å². The predicted octanol–water partition coefficient (Wildman–Crippen LogP) is 1.37. The van der Waals surface area contributed by atoms with Crippen LogP contribution < -0.4 is 0 Å². The number of aliphatic carboxylic acids is 1. The fourth-order valence-electron chi connectivity index (χ4n) is 1.68. The van der Waals surface area contributed by atoms with Crippen LogP contribution in [0, 0.1) is 5.92 Å². The van der Waals surface area contributed by atoms with Crippen molar-refractivity contribution in [3.8, 4) is 0 Å². The maximum atomic E-state index is 10.7. The van der Waals surface area contributed by atoms with Gasteiger partial charge in [-0.05, 0) is 25.1 Å². The molecule has 0 bridgehead atoms. The highest BCUT2D eigenvalue weighted by Crippen LogP contribution is 2.15. The van der Waals surface area contributed by atoms with E-state index in [4.69, 9.17) is 9.84 Å². The average molecular weight is 249 g/mol. The molecule has 0 amide bonds. The summed E-state index contributed by atoms with van der Waals surface area (Å²) in [5.74, 6) is 0.104. The lowest BCUT2D eigenvalue weighted by Crippen LogP contribution is -2.40. The normalized spacial score (nSPS) is 21.1. The topological polar surface area (TPSA) is 49.8 Å². The second-order valence-electron chi connectivity index (χ2n) is 3.79. The highest BCUT2D eigenvalue weighted by atomic mass is 32.1. The number of carboxylic acids is 1. The number of hydrogen-bond donors (Lipinski definition) is 2. The van der Waals surface area contributed by atoms with Crippen LogP contribution in [-0.4, -0.2) is 55.1 Å². The van der Waals surface area contributed by atoms with Gasteiger partial charge in [-0.1, -0.05) is 6.92 Å². The van der Waals surface area contributed by atoms with Gasteiger partial charge in [-0.25, -0.2) is 0 Å². The maximum absolute atomic E-state index is 10.7. The molecule has 0 spiro atoms. The molecule has 1 aliphatic heterocycles. The average Bonchev–Trinajstić information content (AvgIpc) is 2.28. The van der Waals surface area contributed by atoms with Gasteiger partial charge in [-0.3, -0.25) is 4.79 Å². The fourth-order valence-corrected chi connectivity index (χ4v) is 1.68. The number of methoxy groups -OCH3 is 1. The monoisotopic (exact) mass is 249 g/mol. The summed E-state index contributed by atoms with van der Waals surface area (Å²) in [5.41, 5.74) is 0. The van der Waals surface area contributed by atoms with Crippen LogP contribution in [-0.2, 0) is 9.53 Å². The summed E-state index contributed by atoms with van der Waals surface area (Å²) in [6.45, 7) is 5.21. The second-order valence-corrected chi connectivity index (χ2v) is 4.42. The lowest BCUT2D eigenvalue weighted by atomic mass is 9.98. The SMILES string of the molecule is CCS.COCCN1CCCC(C(=O)O)C1. The van der Waals surface area contributed by atoms with Crippen molar-refractivity contribution in [2.45, 2.75) is 19.8 Å². The van der Waals surface area contributed by atoms with Gasteiger partial charge in [0.1, 0.15) is 0 Å². The summed E-state index contributed by atoms with van der Waals surface area (Å²) >= 11 is 3.79. The summed E-state index contributed by atoms with van der Waals surface area (Å²) in [6.07, 6.45) is 1.81. The number of carbonyl (C=O) groups is 1. The molecule has 0 radical (unpaired) electrons. The molecule has 0 saturated carbocycles. The van der Waals surface area contributed by atoms with Crippen LogP contribution in [0.3, 0.4) is 0 Å². The summed E-state index contributed by atoms with van der Waals surface area (Å²) in [4.78, 5) is 12.9. The highest BCUT2D eigenvalue weighted by Gasteiger charge is 2.24. The quantitative estimate of drug-likeness (QED) is 0.739. The van der Waals surface area contributed by atoms with Crippen molar-refractivity contribution in [2.75, 3.05) is 39.1 Å². The lowest BCUT2D eigenvalue weighted by Gasteiger charge is -2.30. The molecule has 1 N–H and O–H groups in total. The number of likely N-dealkylation sites (tertiary alicyclic amines) is 1. The van der Waals surface area contributed by atoms with Gasteiger partial charge in [0.2, 0.25) is 0 Å². The van der Waals surface area contributed by atoms with Gasteiger partial charge in [0.25, 0.3) is 0 Å². The number of hydrogen-bond acceptors (Lipinski definition) is 4. The van der Waals surface area contributed by atoms with Gasteiger partial charge in [0, 0.05) is 20.2 Å². The Labute approximate surface area is 103 Å². The zero-order valence-electron chi connectivity index (χ0n) is 10.2. The Balaban J connectivity index is 0.000000673. The summed E-state index contributed by atoms with van der Waals surface area (Å²) in [7, 11) is 1.67. The van der Waals surface area contributed by atoms with Crippen LogP contribution >= 0.6 is 12.6 Å². The third-order valence-corrected chi connectivity index (χ3v) is 2.47. The van der Waals surface area contributed by atoms with Gasteiger partial charge >= 0.3 is 5.97 Å². The minimum Gasteiger partial charge on any atom is -0.481 e. The van der Waals surface area contributed by atoms with Crippen LogP contribution in [0.2, 0.25) is 0 Å². The molecular formula is C11H23NO3S. The van der Waals surface area contributed by atoms with Gasteiger partial charge < -0.3 is 14.7 Å². The van der Waals surface area contributed by atoms with Crippen molar-refractivity contribution in [3.63, 3.8) is 0 Å². The number of ether oxygens (including phenoxy) is 1. The van der Waals surface area contributed by atoms with E-state index in [0.717, 1.165) is 31.7 Å². The fraction of sp³-hybridized carbons (Fsp3) is 0.909. The molecule has 4 nitrogen and oxygen atoms in total. The standard InChI is InChI=1S/C9H17NO3.C2H6S/c1-13-6-5-10-4-2-3-8(7-10)9(11)12;1-2-3/h8H,2-7H2,1H3,(H,11,12);3H,2H2,1H3. The molecule has 1 saturated heterocycles. The first-order valence-electron chi connectivity index (χ1n) is 5.70. The predicted molar refractivity (Wildman–Crippen MR) is 68.2 cm³/mol. The van der Waals surface area contributed by atoms with E-state index < -0.39 is 5.97 Å². The number of rotatable bonds is 4. The Morgan fingerprint density at radius 2 is 2.25 bits per heavy atom. The molecule has 5 heteroatoms. The Morgan fingerprint density at radius 1 is 1.62 bits per heavy atom. The molecule has 96 valence electrons. The van der Waals surface area contributed by atoms with Crippen molar-refractivity contribution in [1.82, 2.24) is 4.90 Å². The van der Waals surface area contributed by atoms with E-state index in [1.54, 1.807) is 7.11 Å². The van der Waals surface area contributed by atoms with Crippen LogP contribution in [0.25, 0.3) is 0 Å². The third-order valence-electron chi connectivity index (χ3n) is 2.47. The Kier molecular flexibility index (Phi) is 9.77. The molecule has 1 rings (SSSR count). The molecular weight excluding hydrogens is 226 g/mol. The van der Waals surface area contributed by atoms with Crippen LogP contribution in [0.1, 0.15) is 19.8 Å². The molecule has 0 aromatic carbocycles. The zero-order valence-corrected chi connectivity index (χ0v) is 11.1. The second kappa shape index (κ2) is 9.93. The van der Waals surface area contributed by atoms with Crippen molar-refractivity contribution in [1.29, 1.82) is 0 Å². The first-order chi connectivity index (χ1) is 7.65. The van der Waals surface area contributed by atoms with Crippen molar-refractivity contribution in [3.05, 3.63) is 0 Å². The summed E-state index contributed by atoms with van der Waals surface area (Å²) < 4.78 is 4.95. The van der Waals surface area contributed by atoms with E-state index in [-0.39, 0.29) is 5.92 Å². The van der Waals surface area contributed by atoms with Crippen molar-refractivity contribution >= 4 is 18.6 Å². The van der Waals surface area contributed by atoms with Gasteiger partial charge in [0.05, 0.1) is 12.5 Å². The van der Waals surface area contributed by atoms with Crippen LogP contribution in [0.15, 0.2) is 0 Å². The molecule has 1 heterocycles. The number of carboxylic acid groups (broad SMARTS) is 1. The molecule has 1 aliphatic rings. The molecule has 1 unspecified atom stereocenters.